The number of allylic oxidation sites excluding steroid dienone is 5. The quantitative estimate of drug-likeness (QED) is 0.147. The summed E-state index contributed by atoms with van der Waals surface area (Å²) in [7, 11) is 0. The Labute approximate surface area is 352 Å². The fourth-order valence-electron chi connectivity index (χ4n) is 8.28. The van der Waals surface area contributed by atoms with E-state index in [1.54, 1.807) is 0 Å². The molecule has 1 aliphatic heterocycles. The molecule has 0 fully saturated rings. The second kappa shape index (κ2) is 16.8. The summed E-state index contributed by atoms with van der Waals surface area (Å²) in [5.74, 6) is 0. The molecule has 0 N–H and O–H groups in total. The molecule has 3 heterocycles. The second-order valence-corrected chi connectivity index (χ2v) is 15.5. The third-order valence-electron chi connectivity index (χ3n) is 11.4. The summed E-state index contributed by atoms with van der Waals surface area (Å²) in [6.07, 6.45) is 12.1. The number of pyridine rings is 2. The van der Waals surface area contributed by atoms with E-state index < -0.39 is 0 Å². The first-order valence-corrected chi connectivity index (χ1v) is 20.8. The standard InChI is InChI=1S/C57H43N3/c1-6-18-40(19-7-1)49-34-56(47-30-16-28-45(32-47)50-36-52(41-20-8-2-9-21-41)58-53(37-50)42-22-10-3-11-23-42)60-57(35-49)48-31-17-29-46(33-48)51-38-54(43-24-12-4-13-25-43)59-55(39-51)44-26-14-5-15-27-44/h1-4,6-14,16-37,39,54H,5,15,38H2. The molecule has 0 amide bonds. The zero-order valence-corrected chi connectivity index (χ0v) is 33.3. The number of benzene rings is 6. The second-order valence-electron chi connectivity index (χ2n) is 15.5. The summed E-state index contributed by atoms with van der Waals surface area (Å²) in [5, 5.41) is 0. The van der Waals surface area contributed by atoms with Crippen molar-refractivity contribution in [1.29, 1.82) is 0 Å². The van der Waals surface area contributed by atoms with E-state index in [-0.39, 0.29) is 6.04 Å². The first-order chi connectivity index (χ1) is 29.7. The van der Waals surface area contributed by atoms with Gasteiger partial charge in [-0.05, 0) is 106 Å². The summed E-state index contributed by atoms with van der Waals surface area (Å²) >= 11 is 0. The Hall–Kier alpha value is -7.49. The van der Waals surface area contributed by atoms with E-state index >= 15 is 0 Å². The lowest BCUT2D eigenvalue weighted by Gasteiger charge is -2.23. The van der Waals surface area contributed by atoms with E-state index in [1.807, 2.05) is 12.1 Å². The van der Waals surface area contributed by atoms with Crippen LogP contribution in [-0.2, 0) is 0 Å². The Morgan fingerprint density at radius 2 is 0.850 bits per heavy atom. The van der Waals surface area contributed by atoms with E-state index in [0.29, 0.717) is 0 Å². The monoisotopic (exact) mass is 769 g/mol. The van der Waals surface area contributed by atoms with Crippen molar-refractivity contribution < 1.29 is 0 Å². The molecule has 1 unspecified atom stereocenters. The van der Waals surface area contributed by atoms with Crippen LogP contribution in [0.5, 0.6) is 0 Å². The Bertz CT molecular complexity index is 2870. The zero-order chi connectivity index (χ0) is 40.1. The Balaban J connectivity index is 1.06. The first-order valence-electron chi connectivity index (χ1n) is 20.8. The Morgan fingerprint density at radius 3 is 1.42 bits per heavy atom. The van der Waals surface area contributed by atoms with Crippen molar-refractivity contribution >= 4 is 11.3 Å². The molecule has 0 bridgehead atoms. The molecule has 0 saturated heterocycles. The molecule has 0 radical (unpaired) electrons. The van der Waals surface area contributed by atoms with Crippen molar-refractivity contribution in [3.05, 3.63) is 235 Å². The lowest BCUT2D eigenvalue weighted by molar-refractivity contribution is 0.747. The molecule has 286 valence electrons. The number of aromatic nitrogens is 2. The van der Waals surface area contributed by atoms with Gasteiger partial charge in [-0.15, -0.1) is 0 Å². The van der Waals surface area contributed by atoms with Crippen molar-refractivity contribution in [3.8, 4) is 67.3 Å². The van der Waals surface area contributed by atoms with Crippen LogP contribution in [0.3, 0.4) is 0 Å². The number of nitrogens with zero attached hydrogens (tertiary/aromatic N) is 3. The molecule has 1 atom stereocenters. The highest BCUT2D eigenvalue weighted by Crippen LogP contribution is 2.38. The zero-order valence-electron chi connectivity index (χ0n) is 33.3. The maximum atomic E-state index is 5.43. The van der Waals surface area contributed by atoms with Crippen LogP contribution in [0.4, 0.5) is 0 Å². The van der Waals surface area contributed by atoms with Gasteiger partial charge in [0.25, 0.3) is 0 Å². The van der Waals surface area contributed by atoms with E-state index in [1.165, 1.54) is 22.3 Å². The molecule has 10 rings (SSSR count). The van der Waals surface area contributed by atoms with Crippen molar-refractivity contribution in [2.75, 3.05) is 0 Å². The normalized spacial score (nSPS) is 14.9. The van der Waals surface area contributed by atoms with E-state index in [4.69, 9.17) is 15.0 Å². The molecule has 1 aliphatic carbocycles. The van der Waals surface area contributed by atoms with Gasteiger partial charge < -0.3 is 0 Å². The highest BCUT2D eigenvalue weighted by molar-refractivity contribution is 6.14. The fourth-order valence-corrected chi connectivity index (χ4v) is 8.28. The van der Waals surface area contributed by atoms with Crippen LogP contribution in [0.2, 0.25) is 0 Å². The molecule has 0 saturated carbocycles. The van der Waals surface area contributed by atoms with Crippen molar-refractivity contribution in [3.63, 3.8) is 0 Å². The van der Waals surface area contributed by atoms with Crippen molar-refractivity contribution in [2.24, 2.45) is 4.99 Å². The average molecular weight is 770 g/mol. The lowest BCUT2D eigenvalue weighted by Crippen LogP contribution is -2.11. The third kappa shape index (κ3) is 7.99. The largest absolute Gasteiger partial charge is 0.276 e. The highest BCUT2D eigenvalue weighted by atomic mass is 14.8. The van der Waals surface area contributed by atoms with Crippen LogP contribution in [0.15, 0.2) is 229 Å². The maximum Gasteiger partial charge on any atom is 0.0796 e. The van der Waals surface area contributed by atoms with Gasteiger partial charge >= 0.3 is 0 Å². The molecule has 6 aromatic carbocycles. The minimum Gasteiger partial charge on any atom is -0.276 e. The molecule has 3 nitrogen and oxygen atoms in total. The summed E-state index contributed by atoms with van der Waals surface area (Å²) in [4.78, 5) is 15.9. The number of hydrogen-bond acceptors (Lipinski definition) is 3. The predicted octanol–water partition coefficient (Wildman–Crippen LogP) is 14.7. The molecular weight excluding hydrogens is 727 g/mol. The van der Waals surface area contributed by atoms with Crippen LogP contribution in [-0.4, -0.2) is 15.7 Å². The van der Waals surface area contributed by atoms with Crippen molar-refractivity contribution in [2.45, 2.75) is 25.3 Å². The number of rotatable bonds is 9. The third-order valence-corrected chi connectivity index (χ3v) is 11.4. The number of hydrogen-bond donors (Lipinski definition) is 0. The molecule has 3 heteroatoms. The molecule has 2 aliphatic rings. The first kappa shape index (κ1) is 36.8. The Kier molecular flexibility index (Phi) is 10.3. The highest BCUT2D eigenvalue weighted by Gasteiger charge is 2.22. The van der Waals surface area contributed by atoms with Gasteiger partial charge in [-0.1, -0.05) is 176 Å². The smallest absolute Gasteiger partial charge is 0.0796 e. The van der Waals surface area contributed by atoms with Crippen LogP contribution in [0.25, 0.3) is 72.9 Å². The summed E-state index contributed by atoms with van der Waals surface area (Å²) in [6.45, 7) is 0. The van der Waals surface area contributed by atoms with Crippen LogP contribution >= 0.6 is 0 Å². The summed E-state index contributed by atoms with van der Waals surface area (Å²) in [6, 6.07) is 68.7. The summed E-state index contributed by atoms with van der Waals surface area (Å²) in [5.41, 5.74) is 18.5. The predicted molar refractivity (Wildman–Crippen MR) is 250 cm³/mol. The minimum atomic E-state index is 0.0486. The van der Waals surface area contributed by atoms with Crippen LogP contribution in [0, 0.1) is 0 Å². The van der Waals surface area contributed by atoms with Crippen molar-refractivity contribution in [1.82, 2.24) is 9.97 Å². The molecule has 0 spiro atoms. The number of aliphatic imine (C=N–C) groups is 1. The SMILES string of the molecule is C1=CC(C2=NC(c3ccccc3)CC(c3cccc(-c4cc(-c5ccccc5)cc(-c5cccc(-c6cc(-c7ccccc7)nc(-c7ccccc7)c6)c5)n4)c3)=C2)=CCC1. The average Bonchev–Trinajstić information content (AvgIpc) is 3.35. The molecule has 2 aromatic heterocycles. The molecule has 8 aromatic rings. The van der Waals surface area contributed by atoms with Gasteiger partial charge in [-0.25, -0.2) is 9.97 Å². The van der Waals surface area contributed by atoms with Gasteiger partial charge in [0.05, 0.1) is 34.5 Å². The van der Waals surface area contributed by atoms with Gasteiger partial charge in [-0.2, -0.15) is 0 Å². The van der Waals surface area contributed by atoms with Crippen LogP contribution in [0.1, 0.15) is 36.4 Å². The lowest BCUT2D eigenvalue weighted by atomic mass is 9.88. The van der Waals surface area contributed by atoms with E-state index in [0.717, 1.165) is 92.3 Å². The number of dihydropyridines is 1. The van der Waals surface area contributed by atoms with Gasteiger partial charge in [0.2, 0.25) is 0 Å². The van der Waals surface area contributed by atoms with E-state index in [9.17, 15) is 0 Å². The molecular formula is C57H43N3. The van der Waals surface area contributed by atoms with Gasteiger partial charge in [0.15, 0.2) is 0 Å². The summed E-state index contributed by atoms with van der Waals surface area (Å²) < 4.78 is 0. The maximum absolute atomic E-state index is 5.43. The van der Waals surface area contributed by atoms with Gasteiger partial charge in [-0.3, -0.25) is 4.99 Å². The van der Waals surface area contributed by atoms with Gasteiger partial charge in [0, 0.05) is 22.3 Å². The van der Waals surface area contributed by atoms with Crippen LogP contribution < -0.4 is 0 Å². The van der Waals surface area contributed by atoms with Gasteiger partial charge in [0.1, 0.15) is 0 Å². The topological polar surface area (TPSA) is 38.1 Å². The Morgan fingerprint density at radius 1 is 0.383 bits per heavy atom. The minimum absolute atomic E-state index is 0.0486. The van der Waals surface area contributed by atoms with E-state index in [2.05, 4.69) is 206 Å². The fraction of sp³-hybridized carbons (Fsp3) is 0.0702. The molecule has 60 heavy (non-hydrogen) atoms.